The highest BCUT2D eigenvalue weighted by Gasteiger charge is 2.52. The van der Waals surface area contributed by atoms with Crippen LogP contribution in [-0.4, -0.2) is 41.1 Å². The molecule has 3 aliphatic rings. The molecule has 3 fully saturated rings. The largest absolute Gasteiger partial charge is 0.381 e. The van der Waals surface area contributed by atoms with Gasteiger partial charge in [-0.3, -0.25) is 9.78 Å². The molecule has 0 N–H and O–H groups in total. The lowest BCUT2D eigenvalue weighted by Crippen LogP contribution is -2.56. The van der Waals surface area contributed by atoms with Crippen molar-refractivity contribution in [3.63, 3.8) is 0 Å². The minimum Gasteiger partial charge on any atom is -0.381 e. The van der Waals surface area contributed by atoms with Crippen LogP contribution in [0.4, 0.5) is 4.39 Å². The summed E-state index contributed by atoms with van der Waals surface area (Å²) in [6, 6.07) is 17.9. The van der Waals surface area contributed by atoms with E-state index in [1.165, 1.54) is 17.0 Å². The molecular weight excluding hydrogens is 427 g/mol. The van der Waals surface area contributed by atoms with Gasteiger partial charge < -0.3 is 9.64 Å². The van der Waals surface area contributed by atoms with Crippen LogP contribution < -0.4 is 0 Å². The molecule has 34 heavy (non-hydrogen) atoms. The van der Waals surface area contributed by atoms with Gasteiger partial charge in [0.15, 0.2) is 0 Å². The third-order valence-corrected chi connectivity index (χ3v) is 8.45. The van der Waals surface area contributed by atoms with E-state index in [-0.39, 0.29) is 23.8 Å². The van der Waals surface area contributed by atoms with Gasteiger partial charge >= 0.3 is 0 Å². The van der Waals surface area contributed by atoms with E-state index in [0.717, 1.165) is 37.6 Å². The molecule has 2 unspecified atom stereocenters. The van der Waals surface area contributed by atoms with Gasteiger partial charge in [0.25, 0.3) is 0 Å². The van der Waals surface area contributed by atoms with Crippen molar-refractivity contribution >= 4 is 16.8 Å². The maximum Gasteiger partial charge on any atom is 0.234 e. The second-order valence-corrected chi connectivity index (χ2v) is 10.3. The van der Waals surface area contributed by atoms with Crippen LogP contribution in [0.1, 0.15) is 49.7 Å². The number of fused-ring (bicyclic) bond motifs is 3. The number of amides is 1. The van der Waals surface area contributed by atoms with Crippen LogP contribution >= 0.6 is 0 Å². The van der Waals surface area contributed by atoms with Gasteiger partial charge in [0.05, 0.1) is 10.9 Å². The fraction of sp³-hybridized carbons (Fsp3) is 0.448. The lowest BCUT2D eigenvalue weighted by molar-refractivity contribution is -0.147. The summed E-state index contributed by atoms with van der Waals surface area (Å²) in [4.78, 5) is 20.9. The number of benzene rings is 2. The van der Waals surface area contributed by atoms with Crippen molar-refractivity contribution in [2.75, 3.05) is 13.2 Å². The quantitative estimate of drug-likeness (QED) is 0.523. The lowest BCUT2D eigenvalue weighted by Gasteiger charge is -2.46. The predicted octanol–water partition coefficient (Wildman–Crippen LogP) is 5.43. The Morgan fingerprint density at radius 1 is 1.00 bits per heavy atom. The van der Waals surface area contributed by atoms with Gasteiger partial charge in [0.2, 0.25) is 5.91 Å². The Morgan fingerprint density at radius 2 is 1.76 bits per heavy atom. The standard InChI is InChI=1S/C29H31FN2O2/c30-26-8-2-1-7-25(26)29(12-15-34-16-13-29)28(33)32-22-10-11-23(32)19-20(18-22)17-21-5-3-9-27-24(21)6-4-14-31-27/h1-9,14,20,22-23H,10-13,15-19H2. The highest BCUT2D eigenvalue weighted by molar-refractivity contribution is 5.89. The SMILES string of the molecule is O=C(N1C2CCC1CC(Cc1cccc3ncccc13)C2)C1(c2ccccc2F)CCOCC1. The summed E-state index contributed by atoms with van der Waals surface area (Å²) in [5.41, 5.74) is 2.13. The number of carbonyl (C=O) groups is 1. The van der Waals surface area contributed by atoms with Crippen molar-refractivity contribution in [3.8, 4) is 0 Å². The van der Waals surface area contributed by atoms with E-state index < -0.39 is 5.41 Å². The molecule has 2 bridgehead atoms. The molecule has 2 atom stereocenters. The monoisotopic (exact) mass is 458 g/mol. The summed E-state index contributed by atoms with van der Waals surface area (Å²) in [6.45, 7) is 1.00. The number of rotatable bonds is 4. The second-order valence-electron chi connectivity index (χ2n) is 10.3. The minimum absolute atomic E-state index is 0.126. The smallest absolute Gasteiger partial charge is 0.234 e. The third kappa shape index (κ3) is 3.61. The molecule has 2 aromatic carbocycles. The molecule has 1 amide bonds. The van der Waals surface area contributed by atoms with Crippen molar-refractivity contribution in [1.29, 1.82) is 0 Å². The molecular formula is C29H31FN2O2. The van der Waals surface area contributed by atoms with Gasteiger partial charge in [0, 0.05) is 42.4 Å². The fourth-order valence-corrected chi connectivity index (χ4v) is 6.86. The Bertz CT molecular complexity index is 1190. The number of ether oxygens (including phenoxy) is 1. The summed E-state index contributed by atoms with van der Waals surface area (Å²) in [7, 11) is 0. The summed E-state index contributed by atoms with van der Waals surface area (Å²) >= 11 is 0. The zero-order chi connectivity index (χ0) is 23.1. The highest BCUT2D eigenvalue weighted by atomic mass is 19.1. The van der Waals surface area contributed by atoms with E-state index in [1.54, 1.807) is 6.07 Å². The first-order valence-electron chi connectivity index (χ1n) is 12.6. The summed E-state index contributed by atoms with van der Waals surface area (Å²) in [5.74, 6) is 0.400. The van der Waals surface area contributed by atoms with Crippen LogP contribution in [0.2, 0.25) is 0 Å². The number of piperidine rings is 1. The first-order chi connectivity index (χ1) is 16.7. The van der Waals surface area contributed by atoms with Gasteiger partial charge in [-0.05, 0) is 74.6 Å². The van der Waals surface area contributed by atoms with E-state index in [0.29, 0.717) is 37.5 Å². The van der Waals surface area contributed by atoms with E-state index >= 15 is 0 Å². The molecule has 1 aromatic heterocycles. The third-order valence-electron chi connectivity index (χ3n) is 8.45. The van der Waals surface area contributed by atoms with Crippen molar-refractivity contribution in [1.82, 2.24) is 9.88 Å². The molecule has 0 radical (unpaired) electrons. The fourth-order valence-electron chi connectivity index (χ4n) is 6.86. The average Bonchev–Trinajstić information content (AvgIpc) is 3.14. The summed E-state index contributed by atoms with van der Waals surface area (Å²) < 4.78 is 20.6. The minimum atomic E-state index is -0.807. The van der Waals surface area contributed by atoms with Crippen molar-refractivity contribution < 1.29 is 13.9 Å². The molecule has 0 spiro atoms. The second kappa shape index (κ2) is 8.77. The van der Waals surface area contributed by atoms with Crippen LogP contribution in [0.15, 0.2) is 60.8 Å². The van der Waals surface area contributed by atoms with E-state index in [4.69, 9.17) is 4.74 Å². The Morgan fingerprint density at radius 3 is 2.53 bits per heavy atom. The zero-order valence-electron chi connectivity index (χ0n) is 19.5. The molecule has 176 valence electrons. The first-order valence-corrected chi connectivity index (χ1v) is 12.6. The van der Waals surface area contributed by atoms with Gasteiger partial charge in [-0.15, -0.1) is 0 Å². The number of nitrogens with zero attached hydrogens (tertiary/aromatic N) is 2. The number of halogens is 1. The Kier molecular flexibility index (Phi) is 5.60. The average molecular weight is 459 g/mol. The van der Waals surface area contributed by atoms with Crippen molar-refractivity contribution in [2.24, 2.45) is 5.92 Å². The molecule has 5 heteroatoms. The highest BCUT2D eigenvalue weighted by Crippen LogP contribution is 2.46. The van der Waals surface area contributed by atoms with Crippen LogP contribution in [-0.2, 0) is 21.4 Å². The number of aromatic nitrogens is 1. The maximum absolute atomic E-state index is 15.0. The first kappa shape index (κ1) is 21.7. The molecule has 3 aliphatic heterocycles. The number of pyridine rings is 1. The van der Waals surface area contributed by atoms with E-state index in [9.17, 15) is 9.18 Å². The molecule has 6 rings (SSSR count). The van der Waals surface area contributed by atoms with Crippen molar-refractivity contribution in [2.45, 2.75) is 62.4 Å². The van der Waals surface area contributed by atoms with E-state index in [2.05, 4.69) is 34.1 Å². The predicted molar refractivity (Wildman–Crippen MR) is 130 cm³/mol. The topological polar surface area (TPSA) is 42.4 Å². The van der Waals surface area contributed by atoms with Gasteiger partial charge in [-0.25, -0.2) is 4.39 Å². The van der Waals surface area contributed by atoms with Crippen LogP contribution in [0.25, 0.3) is 10.9 Å². The number of hydrogen-bond acceptors (Lipinski definition) is 3. The summed E-state index contributed by atoms with van der Waals surface area (Å²) in [5, 5.41) is 1.23. The van der Waals surface area contributed by atoms with E-state index in [1.807, 2.05) is 24.4 Å². The Hall–Kier alpha value is -2.79. The molecule has 3 aromatic rings. The van der Waals surface area contributed by atoms with Crippen LogP contribution in [0.5, 0.6) is 0 Å². The molecule has 0 saturated carbocycles. The molecule has 4 nitrogen and oxygen atoms in total. The van der Waals surface area contributed by atoms with Crippen LogP contribution in [0, 0.1) is 11.7 Å². The molecule has 3 saturated heterocycles. The Balaban J connectivity index is 1.26. The van der Waals surface area contributed by atoms with Gasteiger partial charge in [0.1, 0.15) is 5.82 Å². The number of hydrogen-bond donors (Lipinski definition) is 0. The van der Waals surface area contributed by atoms with Gasteiger partial charge in [-0.1, -0.05) is 36.4 Å². The maximum atomic E-state index is 15.0. The van der Waals surface area contributed by atoms with Gasteiger partial charge in [-0.2, -0.15) is 0 Å². The zero-order valence-corrected chi connectivity index (χ0v) is 19.5. The van der Waals surface area contributed by atoms with Crippen LogP contribution in [0.3, 0.4) is 0 Å². The summed E-state index contributed by atoms with van der Waals surface area (Å²) in [6.07, 6.45) is 8.10. The Labute approximate surface area is 200 Å². The lowest BCUT2D eigenvalue weighted by atomic mass is 9.71. The van der Waals surface area contributed by atoms with Crippen molar-refractivity contribution in [3.05, 3.63) is 77.7 Å². The number of carbonyl (C=O) groups excluding carboxylic acids is 1. The normalized spacial score (nSPS) is 26.0. The molecule has 0 aliphatic carbocycles. The molecule has 4 heterocycles.